The number of amides is 2. The molecule has 0 spiro atoms. The van der Waals surface area contributed by atoms with Crippen molar-refractivity contribution in [2.24, 2.45) is 0 Å². The maximum Gasteiger partial charge on any atom is 0.279 e. The normalized spacial score (nSPS) is 11.7. The number of hydrogen-bond acceptors (Lipinski definition) is 2. The average Bonchev–Trinajstić information content (AvgIpc) is 2.63. The number of benzene rings is 2. The topological polar surface area (TPSA) is 74.8 Å². The van der Waals surface area contributed by atoms with Gasteiger partial charge in [0.15, 0.2) is 6.54 Å². The summed E-state index contributed by atoms with van der Waals surface area (Å²) in [4.78, 5) is 24.0. The molecule has 0 aromatic heterocycles. The van der Waals surface area contributed by atoms with Crippen molar-refractivity contribution in [3.8, 4) is 0 Å². The Kier molecular flexibility index (Phi) is 7.59. The second kappa shape index (κ2) is 9.69. The molecule has 0 heterocycles. The molecule has 0 aliphatic rings. The van der Waals surface area contributed by atoms with Crippen LogP contribution >= 0.6 is 23.2 Å². The van der Waals surface area contributed by atoms with Gasteiger partial charge >= 0.3 is 0 Å². The van der Waals surface area contributed by atoms with Gasteiger partial charge in [-0.05, 0) is 44.2 Å². The van der Waals surface area contributed by atoms with Crippen LogP contribution in [-0.4, -0.2) is 24.9 Å². The Morgan fingerprint density at radius 2 is 1.93 bits per heavy atom. The lowest BCUT2D eigenvalue weighted by Gasteiger charge is -2.13. The molecule has 0 aliphatic heterocycles. The van der Waals surface area contributed by atoms with Gasteiger partial charge in [-0.3, -0.25) is 9.59 Å². The number of hydrogen-bond donors (Lipinski definition) is 3. The number of halogens is 3. The van der Waals surface area contributed by atoms with E-state index in [4.69, 9.17) is 23.2 Å². The maximum absolute atomic E-state index is 13.6. The lowest BCUT2D eigenvalue weighted by atomic mass is 10.1. The number of carbonyl (C=O) groups is 2. The highest BCUT2D eigenvalue weighted by atomic mass is 35.5. The second-order valence-corrected chi connectivity index (χ2v) is 6.82. The Hall–Kier alpha value is -2.15. The van der Waals surface area contributed by atoms with Crippen molar-refractivity contribution in [1.29, 1.82) is 0 Å². The van der Waals surface area contributed by atoms with Gasteiger partial charge in [-0.1, -0.05) is 29.3 Å². The van der Waals surface area contributed by atoms with E-state index in [1.165, 1.54) is 12.1 Å². The first-order chi connectivity index (χ1) is 12.8. The molecule has 8 heteroatoms. The molecule has 0 radical (unpaired) electrons. The summed E-state index contributed by atoms with van der Waals surface area (Å²) in [5.41, 5.74) is 1.56. The van der Waals surface area contributed by atoms with Gasteiger partial charge in [0.05, 0.1) is 10.0 Å². The van der Waals surface area contributed by atoms with Crippen LogP contribution in [0.5, 0.6) is 0 Å². The van der Waals surface area contributed by atoms with E-state index < -0.39 is 5.82 Å². The fraction of sp³-hybridized carbons (Fsp3) is 0.263. The molecular formula is C19H21Cl2FN3O2+. The van der Waals surface area contributed by atoms with E-state index in [1.54, 1.807) is 29.6 Å². The molecule has 0 aliphatic carbocycles. The van der Waals surface area contributed by atoms with E-state index >= 15 is 0 Å². The van der Waals surface area contributed by atoms with E-state index in [0.717, 1.165) is 0 Å². The van der Waals surface area contributed by atoms with Gasteiger partial charge in [0, 0.05) is 23.4 Å². The van der Waals surface area contributed by atoms with Gasteiger partial charge in [0.2, 0.25) is 0 Å². The molecule has 2 aromatic carbocycles. The summed E-state index contributed by atoms with van der Waals surface area (Å²) in [7, 11) is 0. The van der Waals surface area contributed by atoms with Crippen molar-refractivity contribution in [3.63, 3.8) is 0 Å². The molecule has 2 aromatic rings. The quantitative estimate of drug-likeness (QED) is 0.611. The van der Waals surface area contributed by atoms with E-state index in [9.17, 15) is 14.0 Å². The van der Waals surface area contributed by atoms with Gasteiger partial charge < -0.3 is 16.0 Å². The highest BCUT2D eigenvalue weighted by Gasteiger charge is 2.17. The fourth-order valence-corrected chi connectivity index (χ4v) is 3.07. The summed E-state index contributed by atoms with van der Waals surface area (Å²) in [5, 5.41) is 7.49. The lowest BCUT2D eigenvalue weighted by molar-refractivity contribution is -0.682. The summed E-state index contributed by atoms with van der Waals surface area (Å²) in [5.74, 6) is -1.00. The number of carbonyl (C=O) groups excluding carboxylic acids is 2. The van der Waals surface area contributed by atoms with Gasteiger partial charge in [-0.25, -0.2) is 4.39 Å². The number of nitrogens with two attached hydrogens (primary N) is 1. The Balaban J connectivity index is 1.96. The molecule has 0 bridgehead atoms. The highest BCUT2D eigenvalue weighted by molar-refractivity contribution is 6.35. The molecule has 4 N–H and O–H groups in total. The smallest absolute Gasteiger partial charge is 0.279 e. The van der Waals surface area contributed by atoms with Crippen molar-refractivity contribution in [1.82, 2.24) is 5.32 Å². The monoisotopic (exact) mass is 412 g/mol. The minimum Gasteiger partial charge on any atom is -0.352 e. The molecule has 1 atom stereocenters. The van der Waals surface area contributed by atoms with Crippen LogP contribution in [0, 0.1) is 5.82 Å². The Labute approximate surface area is 167 Å². The molecule has 27 heavy (non-hydrogen) atoms. The van der Waals surface area contributed by atoms with Crippen LogP contribution in [0.15, 0.2) is 36.4 Å². The average molecular weight is 413 g/mol. The van der Waals surface area contributed by atoms with Crippen LogP contribution in [-0.2, 0) is 4.79 Å². The minimum atomic E-state index is -0.553. The molecule has 144 valence electrons. The van der Waals surface area contributed by atoms with Crippen LogP contribution in [0.4, 0.5) is 10.1 Å². The summed E-state index contributed by atoms with van der Waals surface area (Å²) < 4.78 is 13.6. The van der Waals surface area contributed by atoms with Crippen molar-refractivity contribution >= 4 is 40.7 Å². The number of anilines is 1. The van der Waals surface area contributed by atoms with Crippen LogP contribution in [0.25, 0.3) is 0 Å². The van der Waals surface area contributed by atoms with Crippen molar-refractivity contribution in [2.75, 3.05) is 18.4 Å². The van der Waals surface area contributed by atoms with Crippen molar-refractivity contribution in [2.45, 2.75) is 19.9 Å². The lowest BCUT2D eigenvalue weighted by Crippen LogP contribution is -2.86. The molecule has 0 saturated heterocycles. The largest absolute Gasteiger partial charge is 0.352 e. The number of rotatable bonds is 7. The van der Waals surface area contributed by atoms with Crippen molar-refractivity contribution in [3.05, 3.63) is 63.4 Å². The van der Waals surface area contributed by atoms with Crippen LogP contribution in [0.1, 0.15) is 35.8 Å². The molecule has 0 fully saturated rings. The van der Waals surface area contributed by atoms with E-state index in [1.807, 2.05) is 13.8 Å². The molecule has 0 saturated carbocycles. The van der Waals surface area contributed by atoms with Gasteiger partial charge in [-0.15, -0.1) is 0 Å². The van der Waals surface area contributed by atoms with Crippen LogP contribution in [0.2, 0.25) is 10.0 Å². The SMILES string of the molecule is CCNC(=O)c1cccc(NC(=O)C[NH2+][C@H](C)c2cc(F)c(Cl)cc2Cl)c1. The fourth-order valence-electron chi connectivity index (χ4n) is 2.51. The maximum atomic E-state index is 13.6. The van der Waals surface area contributed by atoms with E-state index in [2.05, 4.69) is 10.6 Å². The minimum absolute atomic E-state index is 0.0410. The van der Waals surface area contributed by atoms with Crippen LogP contribution in [0.3, 0.4) is 0 Å². The third-order valence-corrected chi connectivity index (χ3v) is 4.55. The summed E-state index contributed by atoms with van der Waals surface area (Å²) >= 11 is 11.8. The first-order valence-electron chi connectivity index (χ1n) is 8.47. The van der Waals surface area contributed by atoms with Gasteiger partial charge in [0.25, 0.3) is 11.8 Å². The number of quaternary nitrogens is 1. The second-order valence-electron chi connectivity index (χ2n) is 6.00. The number of nitrogens with one attached hydrogen (secondary N) is 2. The van der Waals surface area contributed by atoms with E-state index in [0.29, 0.717) is 28.4 Å². The third-order valence-electron chi connectivity index (χ3n) is 3.93. The first kappa shape index (κ1) is 21.2. The summed E-state index contributed by atoms with van der Waals surface area (Å²) in [6.07, 6.45) is 0. The predicted octanol–water partition coefficient (Wildman–Crippen LogP) is 3.15. The van der Waals surface area contributed by atoms with E-state index in [-0.39, 0.29) is 29.4 Å². The molecule has 2 rings (SSSR count). The van der Waals surface area contributed by atoms with Crippen molar-refractivity contribution < 1.29 is 19.3 Å². The molecule has 2 amide bonds. The first-order valence-corrected chi connectivity index (χ1v) is 9.23. The standard InChI is InChI=1S/C19H20Cl2FN3O2/c1-3-23-19(27)12-5-4-6-13(7-12)25-18(26)10-24-11(2)14-8-17(22)16(21)9-15(14)20/h4-9,11,24H,3,10H2,1-2H3,(H,23,27)(H,25,26)/p+1/t11-/m1/s1. The molecular weight excluding hydrogens is 392 g/mol. The Morgan fingerprint density at radius 3 is 2.63 bits per heavy atom. The Morgan fingerprint density at radius 1 is 1.19 bits per heavy atom. The van der Waals surface area contributed by atoms with Crippen LogP contribution < -0.4 is 16.0 Å². The Bertz CT molecular complexity index is 846. The summed E-state index contributed by atoms with van der Waals surface area (Å²) in [6, 6.07) is 9.07. The zero-order chi connectivity index (χ0) is 20.0. The molecule has 0 unspecified atom stereocenters. The zero-order valence-electron chi connectivity index (χ0n) is 15.0. The predicted molar refractivity (Wildman–Crippen MR) is 105 cm³/mol. The summed E-state index contributed by atoms with van der Waals surface area (Å²) in [6.45, 7) is 4.28. The van der Waals surface area contributed by atoms with Gasteiger partial charge in [-0.2, -0.15) is 0 Å². The highest BCUT2D eigenvalue weighted by Crippen LogP contribution is 2.27. The van der Waals surface area contributed by atoms with Gasteiger partial charge in [0.1, 0.15) is 11.9 Å². The zero-order valence-corrected chi connectivity index (χ0v) is 16.5. The third kappa shape index (κ3) is 5.92. The molecule has 5 nitrogen and oxygen atoms in total.